The molecule has 0 aromatic carbocycles. The van der Waals surface area contributed by atoms with Crippen LogP contribution in [-0.2, 0) is 172 Å². The molecular formula is C42H77N2O16P3SY3-2. The third-order valence-electron chi connectivity index (χ3n) is 8.02. The van der Waals surface area contributed by atoms with Crippen molar-refractivity contribution in [2.45, 2.75) is 195 Å². The molecular weight excluding hydrogens is 1180 g/mol. The van der Waals surface area contributed by atoms with Crippen molar-refractivity contribution in [2.75, 3.05) is 45.3 Å². The van der Waals surface area contributed by atoms with Gasteiger partial charge >= 0.3 is 22.9 Å². The Balaban J connectivity index is -0.000000904. The molecule has 3 aliphatic rings. The number of hydrogen-bond acceptors (Lipinski definition) is 17. The topological polar surface area (TPSA) is 180 Å². The van der Waals surface area contributed by atoms with Crippen LogP contribution in [0.1, 0.15) is 104 Å². The van der Waals surface area contributed by atoms with Gasteiger partial charge in [-0.2, -0.15) is 0 Å². The van der Waals surface area contributed by atoms with E-state index in [-0.39, 0.29) is 197 Å². The van der Waals surface area contributed by atoms with Gasteiger partial charge in [0.2, 0.25) is 13.1 Å². The first kappa shape index (κ1) is 73.9. The Hall–Kier alpha value is 2.68. The molecule has 0 spiro atoms. The average molecular weight is 1260 g/mol. The smallest absolute Gasteiger partial charge is 0.405 e. The van der Waals surface area contributed by atoms with Crippen molar-refractivity contribution in [1.29, 1.82) is 0 Å². The summed E-state index contributed by atoms with van der Waals surface area (Å²) in [6.45, 7) is 39.8. The van der Waals surface area contributed by atoms with Gasteiger partial charge in [0.15, 0.2) is 0 Å². The molecule has 383 valence electrons. The predicted octanol–water partition coefficient (Wildman–Crippen LogP) is 10.1. The van der Waals surface area contributed by atoms with Crippen LogP contribution in [0, 0.1) is 32.4 Å². The molecule has 3 saturated heterocycles. The summed E-state index contributed by atoms with van der Waals surface area (Å²) in [6, 6.07) is 0. The largest absolute Gasteiger partial charge is 0.695 e. The zero-order valence-electron chi connectivity index (χ0n) is 42.3. The molecule has 0 bridgehead atoms. The zero-order valence-corrected chi connectivity index (χ0v) is 54.3. The molecule has 6 unspecified atom stereocenters. The van der Waals surface area contributed by atoms with Gasteiger partial charge in [0, 0.05) is 109 Å². The van der Waals surface area contributed by atoms with Crippen molar-refractivity contribution in [1.82, 2.24) is 0 Å². The normalized spacial score (nSPS) is 26.6. The second kappa shape index (κ2) is 40.0. The molecule has 0 saturated carbocycles. The Labute approximate surface area is 483 Å². The zero-order chi connectivity index (χ0) is 48.6. The van der Waals surface area contributed by atoms with Gasteiger partial charge in [0.1, 0.15) is 12.7 Å². The van der Waals surface area contributed by atoms with Gasteiger partial charge in [-0.3, -0.25) is 32.8 Å². The van der Waals surface area contributed by atoms with Crippen LogP contribution >= 0.6 is 34.3 Å². The van der Waals surface area contributed by atoms with E-state index in [1.165, 1.54) is 0 Å². The van der Waals surface area contributed by atoms with Crippen LogP contribution in [0.5, 0.6) is 0 Å². The molecule has 0 aromatic rings. The van der Waals surface area contributed by atoms with Crippen molar-refractivity contribution in [3.8, 4) is 0 Å². The van der Waals surface area contributed by atoms with Gasteiger partial charge < -0.3 is 47.2 Å². The monoisotopic (exact) mass is 1260 g/mol. The summed E-state index contributed by atoms with van der Waals surface area (Å²) in [6.07, 6.45) is 2.62. The van der Waals surface area contributed by atoms with E-state index in [0.29, 0.717) is 25.6 Å². The van der Waals surface area contributed by atoms with Gasteiger partial charge in [-0.05, 0) is 107 Å². The van der Waals surface area contributed by atoms with Gasteiger partial charge in [0.05, 0.1) is 74.4 Å². The maximum atomic E-state index is 12.9. The van der Waals surface area contributed by atoms with Crippen molar-refractivity contribution < 1.29 is 172 Å². The minimum Gasteiger partial charge on any atom is -0.405 e. The standard InChI is InChI=1S/C15H27NO6P.C15H27NO5PS.C12H23O5P.3Y/c1-11(2)18-10-15-14(9-13(5)20-15)22-23(17,21-12(3)4)19-8-7-16-6;1-11(2)18-10-15-14(9-13(5)19-15)21-22(17,20-12(3)4)23-8-7-16-6;1-8(2)14-7-12-11(6-10(5)15-12)17-18(13)16-9(3)4;;;/h2*9,11-15H,7-8,10H2,1-5H3;6,8-12H,7H2,1-5H3;;;/q2*-1;;;;/t13-,14?,15+,23?;13-,14?,15+,22?;10-,11?,12+;;;/m000.../s1. The van der Waals surface area contributed by atoms with Gasteiger partial charge in [-0.1, -0.05) is 39.1 Å². The molecule has 3 fully saturated rings. The Kier molecular flexibility index (Phi) is 44.1. The number of ether oxygens (including phenoxy) is 6. The van der Waals surface area contributed by atoms with Crippen molar-refractivity contribution in [3.05, 3.63) is 42.1 Å². The predicted molar refractivity (Wildman–Crippen MR) is 247 cm³/mol. The first-order valence-corrected chi connectivity index (χ1v) is 27.6. The van der Waals surface area contributed by atoms with Crippen molar-refractivity contribution >= 4 is 34.3 Å². The molecule has 12 atom stereocenters. The third-order valence-corrected chi connectivity index (χ3v) is 14.6. The fourth-order valence-electron chi connectivity index (χ4n) is 5.62. The van der Waals surface area contributed by atoms with Gasteiger partial charge in [-0.15, -0.1) is 9.05 Å². The Morgan fingerprint density at radius 2 is 1.00 bits per heavy atom. The molecule has 3 radical (unpaired) electrons. The number of hydrogen-bond donors (Lipinski definition) is 0. The maximum absolute atomic E-state index is 12.9. The summed E-state index contributed by atoms with van der Waals surface area (Å²) in [5.41, 5.74) is 0. The molecule has 25 heteroatoms. The van der Waals surface area contributed by atoms with E-state index in [9.17, 15) is 13.7 Å². The number of rotatable bonds is 27. The second-order valence-electron chi connectivity index (χ2n) is 16.6. The third kappa shape index (κ3) is 34.8. The number of nitrogens with zero attached hydrogens (tertiary/aromatic N) is 2. The molecule has 3 heterocycles. The fraction of sp³-hybridized carbons (Fsp3) is 0.881. The number of phosphoric ester groups is 1. The summed E-state index contributed by atoms with van der Waals surface area (Å²) in [5.74, 6) is 0.407. The fourth-order valence-corrected chi connectivity index (χ4v) is 11.6. The first-order valence-electron chi connectivity index (χ1n) is 22.0. The van der Waals surface area contributed by atoms with Crippen LogP contribution in [0.4, 0.5) is 0 Å². The van der Waals surface area contributed by atoms with E-state index >= 15 is 0 Å². The van der Waals surface area contributed by atoms with Crippen LogP contribution < -0.4 is 0 Å². The van der Waals surface area contributed by atoms with E-state index in [4.69, 9.17) is 73.2 Å². The van der Waals surface area contributed by atoms with Crippen LogP contribution in [0.25, 0.3) is 9.69 Å². The van der Waals surface area contributed by atoms with Gasteiger partial charge in [0.25, 0.3) is 0 Å². The van der Waals surface area contributed by atoms with Crippen LogP contribution in [0.15, 0.2) is 0 Å². The molecule has 18 nitrogen and oxygen atoms in total. The summed E-state index contributed by atoms with van der Waals surface area (Å²) in [4.78, 5) is 6.44. The summed E-state index contributed by atoms with van der Waals surface area (Å²) < 4.78 is 109. The minimum atomic E-state index is -3.78. The van der Waals surface area contributed by atoms with Crippen LogP contribution in [-0.4, -0.2) is 137 Å². The van der Waals surface area contributed by atoms with Crippen LogP contribution in [0.2, 0.25) is 0 Å². The quantitative estimate of drug-likeness (QED) is 0.0430. The summed E-state index contributed by atoms with van der Waals surface area (Å²) in [7, 11) is -5.90. The molecule has 3 aliphatic heterocycles. The van der Waals surface area contributed by atoms with E-state index < -0.39 is 35.1 Å². The summed E-state index contributed by atoms with van der Waals surface area (Å²) >= 11 is 1.07. The number of phosphoric acid groups is 1. The van der Waals surface area contributed by atoms with E-state index in [2.05, 4.69) is 9.69 Å². The van der Waals surface area contributed by atoms with Crippen molar-refractivity contribution in [2.24, 2.45) is 0 Å². The second-order valence-corrected chi connectivity index (χ2v) is 23.1. The summed E-state index contributed by atoms with van der Waals surface area (Å²) in [5, 5.41) is 0. The molecule has 0 aliphatic carbocycles. The van der Waals surface area contributed by atoms with Crippen molar-refractivity contribution in [3.63, 3.8) is 0 Å². The minimum absolute atomic E-state index is 0. The molecule has 67 heavy (non-hydrogen) atoms. The maximum Gasteiger partial charge on any atom is 0.695 e. The van der Waals surface area contributed by atoms with E-state index in [1.807, 2.05) is 109 Å². The van der Waals surface area contributed by atoms with E-state index in [0.717, 1.165) is 11.4 Å². The van der Waals surface area contributed by atoms with Gasteiger partial charge in [-0.25, -0.2) is 22.3 Å². The Morgan fingerprint density at radius 3 is 1.39 bits per heavy atom. The SMILES string of the molecule is CC(C)OC[C@H]1O[C@@H](C)[CH-]C1O[P+](=O)OC(C)C.[C-]#[N+]CCOP(=O)(OC(C)C)OC1[CH-][C@H](C)O[C@@H]1COC(C)C.[C-]#[N+]CCSP(=O)(OC(C)C)OC1[CH-][C@H](C)O[C@@H]1COC(C)C.[Y].[Y].[Y]. The average Bonchev–Trinajstić information content (AvgIpc) is 3.81. The molecule has 3 rings (SSSR count). The Bertz CT molecular complexity index is 1420. The van der Waals surface area contributed by atoms with Crippen LogP contribution in [0.3, 0.4) is 0 Å². The first-order chi connectivity index (χ1) is 29.9. The molecule has 0 N–H and O–H groups in total. The van der Waals surface area contributed by atoms with E-state index in [1.54, 1.807) is 13.8 Å². The molecule has 0 aromatic heterocycles. The molecule has 0 amide bonds. The Morgan fingerprint density at radius 1 is 0.597 bits per heavy atom.